The molecule has 5 rings (SSSR count). The van der Waals surface area contributed by atoms with E-state index in [9.17, 15) is 9.18 Å². The number of ether oxygens (including phenoxy) is 1. The first kappa shape index (κ1) is 19.7. The molecule has 1 amide bonds. The summed E-state index contributed by atoms with van der Waals surface area (Å²) in [6, 6.07) is 14.3. The first-order chi connectivity index (χ1) is 15.1. The quantitative estimate of drug-likeness (QED) is 0.469. The number of hydrogen-bond donors (Lipinski definition) is 0. The number of fused-ring (bicyclic) bond motifs is 1. The minimum atomic E-state index is -0.277. The number of thiazole rings is 1. The van der Waals surface area contributed by atoms with E-state index in [1.807, 2.05) is 42.2 Å². The molecule has 2 aromatic heterocycles. The highest BCUT2D eigenvalue weighted by Crippen LogP contribution is 2.30. The minimum absolute atomic E-state index is 0.00593. The van der Waals surface area contributed by atoms with Gasteiger partial charge >= 0.3 is 0 Å². The maximum Gasteiger partial charge on any atom is 0.274 e. The summed E-state index contributed by atoms with van der Waals surface area (Å²) in [6.45, 7) is 3.14. The Kier molecular flexibility index (Phi) is 5.15. The van der Waals surface area contributed by atoms with E-state index < -0.39 is 0 Å². The fourth-order valence-electron chi connectivity index (χ4n) is 3.87. The van der Waals surface area contributed by atoms with Gasteiger partial charge in [0.25, 0.3) is 11.1 Å². The second-order valence-corrected chi connectivity index (χ2v) is 8.59. The van der Waals surface area contributed by atoms with Crippen molar-refractivity contribution in [1.29, 1.82) is 0 Å². The second kappa shape index (κ2) is 8.11. The maximum absolute atomic E-state index is 13.4. The molecule has 0 spiro atoms. The summed E-state index contributed by atoms with van der Waals surface area (Å²) < 4.78 is 22.0. The Hall–Kier alpha value is -3.26. The van der Waals surface area contributed by atoms with E-state index in [4.69, 9.17) is 4.74 Å². The number of carbonyl (C=O) groups is 1. The van der Waals surface area contributed by atoms with Gasteiger partial charge in [-0.05, 0) is 37.3 Å². The lowest BCUT2D eigenvalue weighted by Gasteiger charge is -2.31. The van der Waals surface area contributed by atoms with Gasteiger partial charge < -0.3 is 9.64 Å². The molecule has 1 fully saturated rings. The Morgan fingerprint density at radius 2 is 1.94 bits per heavy atom. The second-order valence-electron chi connectivity index (χ2n) is 7.59. The standard InChI is InChI=1S/C23H21FN4O2S/c1-15-19(14-25-28(15)17-5-3-2-4-6-17)22(29)27-11-9-18(10-12-27)30-23-26-20-8-7-16(24)13-21(20)31-23/h2-8,13-14,18H,9-12H2,1H3. The first-order valence-corrected chi connectivity index (χ1v) is 11.0. The van der Waals surface area contributed by atoms with Gasteiger partial charge in [-0.25, -0.2) is 14.1 Å². The number of likely N-dealkylation sites (tertiary alicyclic amines) is 1. The van der Waals surface area contributed by atoms with Crippen LogP contribution in [0.15, 0.2) is 54.7 Å². The van der Waals surface area contributed by atoms with Crippen LogP contribution >= 0.6 is 11.3 Å². The number of rotatable bonds is 4. The molecule has 8 heteroatoms. The largest absolute Gasteiger partial charge is 0.467 e. The Morgan fingerprint density at radius 1 is 1.16 bits per heavy atom. The normalized spacial score (nSPS) is 14.8. The van der Waals surface area contributed by atoms with Crippen molar-refractivity contribution in [3.05, 3.63) is 71.8 Å². The predicted octanol–water partition coefficient (Wildman–Crippen LogP) is 4.61. The van der Waals surface area contributed by atoms with Gasteiger partial charge in [-0.15, -0.1) is 0 Å². The summed E-state index contributed by atoms with van der Waals surface area (Å²) in [5, 5.41) is 4.96. The van der Waals surface area contributed by atoms with Crippen LogP contribution in [-0.4, -0.2) is 44.8 Å². The number of benzene rings is 2. The highest BCUT2D eigenvalue weighted by atomic mass is 32.1. The van der Waals surface area contributed by atoms with Crippen molar-refractivity contribution >= 4 is 27.5 Å². The van der Waals surface area contributed by atoms with E-state index in [2.05, 4.69) is 10.1 Å². The molecule has 31 heavy (non-hydrogen) atoms. The molecular weight excluding hydrogens is 415 g/mol. The number of hydrogen-bond acceptors (Lipinski definition) is 5. The van der Waals surface area contributed by atoms with Crippen molar-refractivity contribution in [2.24, 2.45) is 0 Å². The van der Waals surface area contributed by atoms with Crippen LogP contribution in [0.2, 0.25) is 0 Å². The van der Waals surface area contributed by atoms with Crippen LogP contribution in [0.3, 0.4) is 0 Å². The molecule has 3 heterocycles. The van der Waals surface area contributed by atoms with Gasteiger partial charge in [-0.2, -0.15) is 5.10 Å². The van der Waals surface area contributed by atoms with E-state index in [0.29, 0.717) is 23.8 Å². The molecule has 1 aliphatic heterocycles. The number of amides is 1. The Bertz CT molecular complexity index is 1230. The third-order valence-corrected chi connectivity index (χ3v) is 6.48. The maximum atomic E-state index is 13.4. The molecule has 2 aromatic carbocycles. The number of nitrogens with zero attached hydrogens (tertiary/aromatic N) is 4. The summed E-state index contributed by atoms with van der Waals surface area (Å²) in [5.74, 6) is -0.283. The zero-order valence-corrected chi connectivity index (χ0v) is 17.8. The summed E-state index contributed by atoms with van der Waals surface area (Å²) in [4.78, 5) is 19.4. The highest BCUT2D eigenvalue weighted by Gasteiger charge is 2.27. The average molecular weight is 437 g/mol. The molecular formula is C23H21FN4O2S. The smallest absolute Gasteiger partial charge is 0.274 e. The van der Waals surface area contributed by atoms with E-state index in [1.54, 1.807) is 16.9 Å². The number of para-hydroxylation sites is 1. The van der Waals surface area contributed by atoms with Crippen LogP contribution in [-0.2, 0) is 0 Å². The van der Waals surface area contributed by atoms with Crippen molar-refractivity contribution in [3.8, 4) is 10.9 Å². The van der Waals surface area contributed by atoms with Crippen LogP contribution in [0.4, 0.5) is 4.39 Å². The van der Waals surface area contributed by atoms with Gasteiger partial charge in [0.05, 0.1) is 33.4 Å². The summed E-state index contributed by atoms with van der Waals surface area (Å²) >= 11 is 1.35. The van der Waals surface area contributed by atoms with Crippen LogP contribution in [0.5, 0.6) is 5.19 Å². The fraction of sp³-hybridized carbons (Fsp3) is 0.261. The number of carbonyl (C=O) groups excluding carboxylic acids is 1. The number of aromatic nitrogens is 3. The van der Waals surface area contributed by atoms with Gasteiger partial charge in [-0.1, -0.05) is 29.5 Å². The molecule has 0 N–H and O–H groups in total. The highest BCUT2D eigenvalue weighted by molar-refractivity contribution is 7.20. The third-order valence-electron chi connectivity index (χ3n) is 5.57. The third kappa shape index (κ3) is 3.90. The first-order valence-electron chi connectivity index (χ1n) is 10.2. The molecule has 0 unspecified atom stereocenters. The SMILES string of the molecule is Cc1c(C(=O)N2CCC(Oc3nc4ccc(F)cc4s3)CC2)cnn1-c1ccccc1. The van der Waals surface area contributed by atoms with E-state index in [1.165, 1.54) is 23.5 Å². The van der Waals surface area contributed by atoms with Gasteiger partial charge in [-0.3, -0.25) is 4.79 Å². The van der Waals surface area contributed by atoms with Gasteiger partial charge in [0.2, 0.25) is 0 Å². The van der Waals surface area contributed by atoms with Crippen LogP contribution in [0, 0.1) is 12.7 Å². The molecule has 0 bridgehead atoms. The molecule has 0 radical (unpaired) electrons. The Morgan fingerprint density at radius 3 is 2.71 bits per heavy atom. The number of piperidine rings is 1. The molecule has 1 aliphatic rings. The number of halogens is 1. The lowest BCUT2D eigenvalue weighted by Crippen LogP contribution is -2.41. The monoisotopic (exact) mass is 436 g/mol. The lowest BCUT2D eigenvalue weighted by atomic mass is 10.1. The topological polar surface area (TPSA) is 60.3 Å². The molecule has 0 saturated carbocycles. The summed E-state index contributed by atoms with van der Waals surface area (Å²) in [7, 11) is 0. The van der Waals surface area contributed by atoms with Crippen molar-refractivity contribution in [2.45, 2.75) is 25.9 Å². The lowest BCUT2D eigenvalue weighted by molar-refractivity contribution is 0.0595. The van der Waals surface area contributed by atoms with E-state index in [0.717, 1.165) is 34.4 Å². The van der Waals surface area contributed by atoms with E-state index in [-0.39, 0.29) is 17.8 Å². The molecule has 1 saturated heterocycles. The molecule has 4 aromatic rings. The summed E-state index contributed by atoms with van der Waals surface area (Å²) in [6.07, 6.45) is 3.08. The predicted molar refractivity (Wildman–Crippen MR) is 117 cm³/mol. The Labute approximate surface area is 182 Å². The molecule has 6 nitrogen and oxygen atoms in total. The zero-order valence-electron chi connectivity index (χ0n) is 17.0. The van der Waals surface area contributed by atoms with Crippen molar-refractivity contribution < 1.29 is 13.9 Å². The van der Waals surface area contributed by atoms with Gasteiger partial charge in [0.1, 0.15) is 11.9 Å². The van der Waals surface area contributed by atoms with Gasteiger partial charge in [0.15, 0.2) is 0 Å². The van der Waals surface area contributed by atoms with Crippen molar-refractivity contribution in [1.82, 2.24) is 19.7 Å². The van der Waals surface area contributed by atoms with Crippen LogP contribution in [0.25, 0.3) is 15.9 Å². The van der Waals surface area contributed by atoms with Crippen molar-refractivity contribution in [3.63, 3.8) is 0 Å². The minimum Gasteiger partial charge on any atom is -0.467 e. The zero-order chi connectivity index (χ0) is 21.4. The fourth-order valence-corrected chi connectivity index (χ4v) is 4.77. The molecule has 158 valence electrons. The van der Waals surface area contributed by atoms with Gasteiger partial charge in [0, 0.05) is 25.9 Å². The molecule has 0 atom stereocenters. The Balaban J connectivity index is 1.23. The van der Waals surface area contributed by atoms with Crippen molar-refractivity contribution in [2.75, 3.05) is 13.1 Å². The average Bonchev–Trinajstić information content (AvgIpc) is 3.36. The molecule has 0 aliphatic carbocycles. The van der Waals surface area contributed by atoms with E-state index >= 15 is 0 Å². The van der Waals surface area contributed by atoms with Crippen LogP contribution < -0.4 is 4.74 Å². The van der Waals surface area contributed by atoms with Crippen LogP contribution in [0.1, 0.15) is 28.9 Å². The summed E-state index contributed by atoms with van der Waals surface area (Å²) in [5.41, 5.74) is 3.12.